The van der Waals surface area contributed by atoms with Gasteiger partial charge in [0.05, 0.1) is 35.2 Å². The number of unbranched alkanes of at least 4 members (excludes halogenated alkanes) is 3. The van der Waals surface area contributed by atoms with Crippen LogP contribution in [0.25, 0.3) is 0 Å². The van der Waals surface area contributed by atoms with Crippen LogP contribution in [-0.2, 0) is 38.7 Å². The number of hydrogen-bond donors (Lipinski definition) is 2. The van der Waals surface area contributed by atoms with Crippen molar-refractivity contribution in [1.82, 2.24) is 10.6 Å². The number of sulfone groups is 2. The van der Waals surface area contributed by atoms with Gasteiger partial charge in [-0.05, 0) is 84.8 Å². The van der Waals surface area contributed by atoms with Crippen LogP contribution in [-0.4, -0.2) is 56.1 Å². The zero-order valence-corrected chi connectivity index (χ0v) is 34.5. The Hall–Kier alpha value is -5.18. The van der Waals surface area contributed by atoms with Gasteiger partial charge in [0.1, 0.15) is 12.1 Å². The van der Waals surface area contributed by atoms with Gasteiger partial charge in [-0.1, -0.05) is 76.9 Å². The molecule has 0 unspecified atom stereocenters. The van der Waals surface area contributed by atoms with Crippen molar-refractivity contribution < 1.29 is 35.9 Å². The normalized spacial score (nSPS) is 18.6. The summed E-state index contributed by atoms with van der Waals surface area (Å²) < 4.78 is 64.9. The van der Waals surface area contributed by atoms with E-state index in [-0.39, 0.29) is 44.9 Å². The number of allylic oxidation sites excluding steroid dienone is 6. The first kappa shape index (κ1) is 43.5. The third-order valence-electron chi connectivity index (χ3n) is 9.77. The molecule has 0 aliphatic heterocycles. The highest BCUT2D eigenvalue weighted by Gasteiger charge is 2.41. The predicted octanol–water partition coefficient (Wildman–Crippen LogP) is 6.72. The van der Waals surface area contributed by atoms with Crippen LogP contribution in [0.2, 0.25) is 0 Å². The monoisotopic (exact) mass is 802 g/mol. The Morgan fingerprint density at radius 3 is 1.25 bits per heavy atom. The summed E-state index contributed by atoms with van der Waals surface area (Å²) in [6.45, 7) is 8.84. The van der Waals surface area contributed by atoms with Gasteiger partial charge in [-0.2, -0.15) is 10.5 Å². The van der Waals surface area contributed by atoms with Crippen LogP contribution in [0.1, 0.15) is 79.1 Å². The van der Waals surface area contributed by atoms with Crippen molar-refractivity contribution in [2.24, 2.45) is 10.8 Å². The molecule has 0 bridgehead atoms. The van der Waals surface area contributed by atoms with Crippen LogP contribution < -0.4 is 10.6 Å². The Bertz CT molecular complexity index is 2100. The van der Waals surface area contributed by atoms with Crippen molar-refractivity contribution in [3.8, 4) is 12.1 Å². The van der Waals surface area contributed by atoms with E-state index in [9.17, 15) is 36.9 Å². The molecule has 14 heteroatoms. The van der Waals surface area contributed by atoms with E-state index in [4.69, 9.17) is 9.47 Å². The van der Waals surface area contributed by atoms with Gasteiger partial charge in [-0.3, -0.25) is 0 Å². The molecular formula is C42H50N4O8S2. The van der Waals surface area contributed by atoms with E-state index in [1.54, 1.807) is 36.4 Å². The highest BCUT2D eigenvalue weighted by Crippen LogP contribution is 2.45. The fraction of sp³-hybridized carbons (Fsp3) is 0.429. The number of methoxy groups -OCH3 is 2. The zero-order valence-electron chi connectivity index (χ0n) is 32.8. The number of nitrogens with one attached hydrogen (secondary N) is 2. The first-order valence-corrected chi connectivity index (χ1v) is 21.4. The van der Waals surface area contributed by atoms with E-state index in [1.165, 1.54) is 24.3 Å². The Kier molecular flexibility index (Phi) is 14.1. The van der Waals surface area contributed by atoms with E-state index in [0.29, 0.717) is 37.3 Å². The molecule has 2 aliphatic carbocycles. The molecule has 0 fully saturated rings. The molecule has 2 N–H and O–H groups in total. The van der Waals surface area contributed by atoms with Crippen molar-refractivity contribution >= 4 is 31.6 Å². The molecule has 2 aliphatic rings. The molecule has 0 radical (unpaired) electrons. The molecule has 0 spiro atoms. The molecule has 298 valence electrons. The average Bonchev–Trinajstić information content (AvgIpc) is 3.15. The second-order valence-electron chi connectivity index (χ2n) is 15.5. The third kappa shape index (κ3) is 9.97. The Balaban J connectivity index is 1.48. The first-order chi connectivity index (χ1) is 26.4. The molecule has 2 aromatic carbocycles. The van der Waals surface area contributed by atoms with Crippen molar-refractivity contribution in [3.63, 3.8) is 0 Å². The summed E-state index contributed by atoms with van der Waals surface area (Å²) in [5, 5.41) is 27.3. The Labute approximate surface area is 330 Å². The smallest absolute Gasteiger partial charge is 0.350 e. The van der Waals surface area contributed by atoms with Crippen LogP contribution in [0.15, 0.2) is 114 Å². The van der Waals surface area contributed by atoms with Crippen molar-refractivity contribution in [3.05, 3.63) is 104 Å². The van der Waals surface area contributed by atoms with Gasteiger partial charge in [0.25, 0.3) is 0 Å². The molecule has 12 nitrogen and oxygen atoms in total. The number of carbonyl (C=O) groups excluding carboxylic acids is 2. The highest BCUT2D eigenvalue weighted by atomic mass is 32.2. The fourth-order valence-corrected chi connectivity index (χ4v) is 10.3. The summed E-state index contributed by atoms with van der Waals surface area (Å²) >= 11 is 0. The second kappa shape index (κ2) is 18.2. The number of carbonyl (C=O) groups is 2. The van der Waals surface area contributed by atoms with E-state index in [0.717, 1.165) is 39.9 Å². The minimum absolute atomic E-state index is 0.0660. The molecule has 56 heavy (non-hydrogen) atoms. The lowest BCUT2D eigenvalue weighted by Gasteiger charge is -2.34. The summed E-state index contributed by atoms with van der Waals surface area (Å²) in [6.07, 6.45) is 4.45. The van der Waals surface area contributed by atoms with Crippen LogP contribution in [0, 0.1) is 33.5 Å². The van der Waals surface area contributed by atoms with Crippen LogP contribution in [0.4, 0.5) is 0 Å². The van der Waals surface area contributed by atoms with Crippen molar-refractivity contribution in [1.29, 1.82) is 10.5 Å². The molecule has 2 aromatic rings. The number of benzene rings is 2. The summed E-state index contributed by atoms with van der Waals surface area (Å²) in [6, 6.07) is 19.6. The van der Waals surface area contributed by atoms with Gasteiger partial charge in [-0.25, -0.2) is 26.4 Å². The van der Waals surface area contributed by atoms with Gasteiger partial charge in [0.15, 0.2) is 9.81 Å². The number of nitrogens with zero attached hydrogens (tertiary/aromatic N) is 2. The number of esters is 2. The predicted molar refractivity (Wildman–Crippen MR) is 211 cm³/mol. The van der Waals surface area contributed by atoms with E-state index >= 15 is 0 Å². The highest BCUT2D eigenvalue weighted by molar-refractivity contribution is 7.96. The average molecular weight is 803 g/mol. The number of ether oxygens (including phenoxy) is 2. The molecule has 4 rings (SSSR count). The lowest BCUT2D eigenvalue weighted by molar-refractivity contribution is -0.136. The van der Waals surface area contributed by atoms with E-state index in [1.807, 2.05) is 27.7 Å². The molecule has 0 aromatic heterocycles. The van der Waals surface area contributed by atoms with Gasteiger partial charge in [0, 0.05) is 24.5 Å². The maximum absolute atomic E-state index is 13.8. The van der Waals surface area contributed by atoms with Gasteiger partial charge < -0.3 is 20.1 Å². The summed E-state index contributed by atoms with van der Waals surface area (Å²) in [4.78, 5) is 24.9. The molecular weight excluding hydrogens is 753 g/mol. The largest absolute Gasteiger partial charge is 0.465 e. The molecule has 0 heterocycles. The maximum atomic E-state index is 13.8. The summed E-state index contributed by atoms with van der Waals surface area (Å²) in [7, 11) is -6.37. The van der Waals surface area contributed by atoms with Gasteiger partial charge >= 0.3 is 11.9 Å². The van der Waals surface area contributed by atoms with Gasteiger partial charge in [0.2, 0.25) is 19.7 Å². The Morgan fingerprint density at radius 1 is 0.607 bits per heavy atom. The molecule has 0 amide bonds. The lowest BCUT2D eigenvalue weighted by Crippen LogP contribution is -2.31. The molecule has 0 atom stereocenters. The minimum atomic E-state index is -4.30. The number of nitriles is 2. The third-order valence-corrected chi connectivity index (χ3v) is 13.5. The second-order valence-corrected chi connectivity index (χ2v) is 19.2. The lowest BCUT2D eigenvalue weighted by atomic mass is 9.74. The molecule has 0 saturated carbocycles. The fourth-order valence-electron chi connectivity index (χ4n) is 7.21. The summed E-state index contributed by atoms with van der Waals surface area (Å²) in [5.74, 6) is -2.05. The number of rotatable bonds is 15. The summed E-state index contributed by atoms with van der Waals surface area (Å²) in [5.41, 5.74) is 0.766. The van der Waals surface area contributed by atoms with Gasteiger partial charge in [-0.15, -0.1) is 0 Å². The van der Waals surface area contributed by atoms with Crippen LogP contribution in [0.3, 0.4) is 0 Å². The van der Waals surface area contributed by atoms with Crippen LogP contribution in [0.5, 0.6) is 0 Å². The van der Waals surface area contributed by atoms with E-state index in [2.05, 4.69) is 22.8 Å². The minimum Gasteiger partial charge on any atom is -0.465 e. The SMILES string of the molecule is COC(=O)/C(=C1/CC(C)(C)CC(NCCCCCCNC2=C(C#N)/C(=C(\C(=O)OC)S(=O)(=O)c3ccccc3)CC(C)(C)C2)=C1C#N)S(=O)(=O)c1ccccc1. The first-order valence-electron chi connectivity index (χ1n) is 18.4. The van der Waals surface area contributed by atoms with Crippen molar-refractivity contribution in [2.75, 3.05) is 27.3 Å². The Morgan fingerprint density at radius 2 is 0.946 bits per heavy atom. The zero-order chi connectivity index (χ0) is 41.3. The maximum Gasteiger partial charge on any atom is 0.350 e. The van der Waals surface area contributed by atoms with Crippen LogP contribution >= 0.6 is 0 Å². The standard InChI is InChI=1S/C42H50N4O8S2/c1-41(2)23-31(37(39(47)53-5)55(49,50)29-17-11-9-12-18-29)33(27-43)35(25-41)45-21-15-7-8-16-22-46-36-26-42(3,4)24-32(34(36)28-44)38(40(48)54-6)56(51,52)30-19-13-10-14-20-30/h9-14,17-20,45-46H,7-8,15-16,21-26H2,1-6H3/b37-31+,38-32+. The number of hydrogen-bond acceptors (Lipinski definition) is 12. The molecule has 0 saturated heterocycles. The quantitative estimate of drug-likeness (QED) is 0.110. The van der Waals surface area contributed by atoms with E-state index < -0.39 is 52.3 Å². The van der Waals surface area contributed by atoms with Crippen molar-refractivity contribution in [2.45, 2.75) is 88.9 Å². The topological polar surface area (TPSA) is 193 Å².